The van der Waals surface area contributed by atoms with Gasteiger partial charge in [-0.25, -0.2) is 9.97 Å². The molecule has 0 aliphatic heterocycles. The summed E-state index contributed by atoms with van der Waals surface area (Å²) in [6.45, 7) is 1.88. The molecule has 1 aromatic carbocycles. The molecular weight excluding hydrogens is 282 g/mol. The van der Waals surface area contributed by atoms with Crippen molar-refractivity contribution in [3.63, 3.8) is 0 Å². The van der Waals surface area contributed by atoms with E-state index in [2.05, 4.69) is 25.9 Å². The molecule has 17 heavy (non-hydrogen) atoms. The largest absolute Gasteiger partial charge is 0.496 e. The van der Waals surface area contributed by atoms with Crippen molar-refractivity contribution in [2.45, 2.75) is 6.92 Å². The van der Waals surface area contributed by atoms with Crippen LogP contribution in [0.15, 0.2) is 28.7 Å². The van der Waals surface area contributed by atoms with Gasteiger partial charge in [0.15, 0.2) is 0 Å². The highest BCUT2D eigenvalue weighted by Crippen LogP contribution is 2.31. The van der Waals surface area contributed by atoms with Crippen molar-refractivity contribution in [2.24, 2.45) is 0 Å². The fourth-order valence-electron chi connectivity index (χ4n) is 1.61. The number of benzene rings is 1. The van der Waals surface area contributed by atoms with Crippen molar-refractivity contribution < 1.29 is 4.74 Å². The molecule has 0 spiro atoms. The van der Waals surface area contributed by atoms with Crippen molar-refractivity contribution in [3.8, 4) is 17.0 Å². The molecule has 5 heteroatoms. The number of aromatic nitrogens is 2. The molecule has 0 unspecified atom stereocenters. The van der Waals surface area contributed by atoms with Crippen molar-refractivity contribution >= 4 is 21.9 Å². The molecule has 0 aliphatic carbocycles. The fraction of sp³-hybridized carbons (Fsp3) is 0.167. The Morgan fingerprint density at radius 1 is 1.24 bits per heavy atom. The van der Waals surface area contributed by atoms with E-state index in [1.807, 2.05) is 31.2 Å². The Labute approximate surface area is 108 Å². The molecule has 2 aromatic rings. The maximum absolute atomic E-state index is 5.65. The first kappa shape index (κ1) is 11.9. The molecule has 88 valence electrons. The molecule has 0 atom stereocenters. The number of methoxy groups -OCH3 is 1. The van der Waals surface area contributed by atoms with E-state index in [0.29, 0.717) is 0 Å². The van der Waals surface area contributed by atoms with Gasteiger partial charge < -0.3 is 10.5 Å². The van der Waals surface area contributed by atoms with Crippen LogP contribution in [0, 0.1) is 6.92 Å². The zero-order chi connectivity index (χ0) is 12.4. The predicted molar refractivity (Wildman–Crippen MR) is 70.9 cm³/mol. The number of nitrogens with zero attached hydrogens (tertiary/aromatic N) is 2. The topological polar surface area (TPSA) is 61.0 Å². The zero-order valence-electron chi connectivity index (χ0n) is 9.57. The Morgan fingerprint density at radius 2 is 2.00 bits per heavy atom. The average molecular weight is 294 g/mol. The number of nitrogen functional groups attached to an aromatic ring is 1. The molecule has 1 aromatic heterocycles. The standard InChI is InChI=1S/C12H12BrN3O/c1-7-5-10(16-12(14)15-7)9-6-8(13)3-4-11(9)17-2/h3-6H,1-2H3,(H2,14,15,16). The first-order valence-electron chi connectivity index (χ1n) is 5.05. The molecule has 0 amide bonds. The van der Waals surface area contributed by atoms with Crippen LogP contribution in [0.3, 0.4) is 0 Å². The van der Waals surface area contributed by atoms with Crippen LogP contribution in [-0.2, 0) is 0 Å². The average Bonchev–Trinajstić information content (AvgIpc) is 2.27. The Hall–Kier alpha value is -1.62. The van der Waals surface area contributed by atoms with Crippen LogP contribution in [0.25, 0.3) is 11.3 Å². The monoisotopic (exact) mass is 293 g/mol. The maximum atomic E-state index is 5.65. The summed E-state index contributed by atoms with van der Waals surface area (Å²) in [5.41, 5.74) is 8.13. The second-order valence-electron chi connectivity index (χ2n) is 3.60. The highest BCUT2D eigenvalue weighted by atomic mass is 79.9. The Morgan fingerprint density at radius 3 is 2.65 bits per heavy atom. The summed E-state index contributed by atoms with van der Waals surface area (Å²) in [6, 6.07) is 7.62. The fourth-order valence-corrected chi connectivity index (χ4v) is 1.97. The number of anilines is 1. The van der Waals surface area contributed by atoms with Gasteiger partial charge in [0.1, 0.15) is 5.75 Å². The summed E-state index contributed by atoms with van der Waals surface area (Å²) in [7, 11) is 1.63. The van der Waals surface area contributed by atoms with Gasteiger partial charge in [0, 0.05) is 15.7 Å². The van der Waals surface area contributed by atoms with Crippen LogP contribution >= 0.6 is 15.9 Å². The third kappa shape index (κ3) is 2.55. The highest BCUT2D eigenvalue weighted by molar-refractivity contribution is 9.10. The Bertz CT molecular complexity index is 537. The Balaban J connectivity index is 2.62. The van der Waals surface area contributed by atoms with Crippen LogP contribution in [-0.4, -0.2) is 17.1 Å². The second-order valence-corrected chi connectivity index (χ2v) is 4.51. The minimum absolute atomic E-state index is 0.266. The lowest BCUT2D eigenvalue weighted by Crippen LogP contribution is -1.99. The molecule has 2 N–H and O–H groups in total. The second kappa shape index (κ2) is 4.71. The van der Waals surface area contributed by atoms with E-state index < -0.39 is 0 Å². The van der Waals surface area contributed by atoms with E-state index in [1.165, 1.54) is 0 Å². The Kier molecular flexibility index (Phi) is 3.28. The molecule has 2 rings (SSSR count). The highest BCUT2D eigenvalue weighted by Gasteiger charge is 2.09. The van der Waals surface area contributed by atoms with Crippen LogP contribution in [0.2, 0.25) is 0 Å². The minimum Gasteiger partial charge on any atom is -0.496 e. The lowest BCUT2D eigenvalue weighted by molar-refractivity contribution is 0.416. The van der Waals surface area contributed by atoms with Crippen molar-refractivity contribution in [2.75, 3.05) is 12.8 Å². The van der Waals surface area contributed by atoms with Gasteiger partial charge in [-0.05, 0) is 31.2 Å². The van der Waals surface area contributed by atoms with Gasteiger partial charge in [0.05, 0.1) is 12.8 Å². The SMILES string of the molecule is COc1ccc(Br)cc1-c1cc(C)nc(N)n1. The molecular formula is C12H12BrN3O. The molecule has 4 nitrogen and oxygen atoms in total. The minimum atomic E-state index is 0.266. The van der Waals surface area contributed by atoms with E-state index in [1.54, 1.807) is 7.11 Å². The van der Waals surface area contributed by atoms with Crippen molar-refractivity contribution in [1.29, 1.82) is 0 Å². The van der Waals surface area contributed by atoms with Gasteiger partial charge in [-0.3, -0.25) is 0 Å². The lowest BCUT2D eigenvalue weighted by Gasteiger charge is -2.09. The number of aryl methyl sites for hydroxylation is 1. The van der Waals surface area contributed by atoms with Gasteiger partial charge in [-0.1, -0.05) is 15.9 Å². The summed E-state index contributed by atoms with van der Waals surface area (Å²) in [5.74, 6) is 1.02. The van der Waals surface area contributed by atoms with Crippen LogP contribution in [0.4, 0.5) is 5.95 Å². The number of hydrogen-bond donors (Lipinski definition) is 1. The smallest absolute Gasteiger partial charge is 0.220 e. The van der Waals surface area contributed by atoms with Crippen molar-refractivity contribution in [3.05, 3.63) is 34.4 Å². The van der Waals surface area contributed by atoms with Crippen LogP contribution in [0.1, 0.15) is 5.69 Å². The molecule has 1 heterocycles. The quantitative estimate of drug-likeness (QED) is 0.925. The van der Waals surface area contributed by atoms with E-state index in [9.17, 15) is 0 Å². The number of rotatable bonds is 2. The molecule has 0 fully saturated rings. The number of nitrogens with two attached hydrogens (primary N) is 1. The van der Waals surface area contributed by atoms with Gasteiger partial charge in [0.25, 0.3) is 0 Å². The van der Waals surface area contributed by atoms with E-state index in [4.69, 9.17) is 10.5 Å². The molecule has 0 saturated heterocycles. The molecule has 0 bridgehead atoms. The van der Waals surface area contributed by atoms with Crippen LogP contribution in [0.5, 0.6) is 5.75 Å². The first-order valence-corrected chi connectivity index (χ1v) is 5.84. The van der Waals surface area contributed by atoms with Gasteiger partial charge >= 0.3 is 0 Å². The summed E-state index contributed by atoms with van der Waals surface area (Å²) < 4.78 is 6.27. The summed E-state index contributed by atoms with van der Waals surface area (Å²) in [6.07, 6.45) is 0. The number of hydrogen-bond acceptors (Lipinski definition) is 4. The summed E-state index contributed by atoms with van der Waals surface area (Å²) >= 11 is 3.43. The summed E-state index contributed by atoms with van der Waals surface area (Å²) in [5, 5.41) is 0. The predicted octanol–water partition coefficient (Wildman–Crippen LogP) is 2.81. The number of halogens is 1. The van der Waals surface area contributed by atoms with Gasteiger partial charge in [0.2, 0.25) is 5.95 Å². The lowest BCUT2D eigenvalue weighted by atomic mass is 10.1. The van der Waals surface area contributed by atoms with Crippen LogP contribution < -0.4 is 10.5 Å². The van der Waals surface area contributed by atoms with E-state index in [0.717, 1.165) is 27.2 Å². The van der Waals surface area contributed by atoms with Crippen molar-refractivity contribution in [1.82, 2.24) is 9.97 Å². The zero-order valence-corrected chi connectivity index (χ0v) is 11.2. The molecule has 0 radical (unpaired) electrons. The first-order chi connectivity index (χ1) is 8.10. The normalized spacial score (nSPS) is 10.3. The third-order valence-electron chi connectivity index (χ3n) is 2.31. The maximum Gasteiger partial charge on any atom is 0.220 e. The molecule has 0 aliphatic rings. The third-order valence-corrected chi connectivity index (χ3v) is 2.80. The summed E-state index contributed by atoms with van der Waals surface area (Å²) in [4.78, 5) is 8.27. The van der Waals surface area contributed by atoms with Gasteiger partial charge in [-0.2, -0.15) is 0 Å². The number of ether oxygens (including phenoxy) is 1. The molecule has 0 saturated carbocycles. The van der Waals surface area contributed by atoms with Gasteiger partial charge in [-0.15, -0.1) is 0 Å². The van der Waals surface area contributed by atoms with E-state index >= 15 is 0 Å². The van der Waals surface area contributed by atoms with E-state index in [-0.39, 0.29) is 5.95 Å².